The van der Waals surface area contributed by atoms with Crippen LogP contribution in [0.3, 0.4) is 0 Å². The van der Waals surface area contributed by atoms with Crippen LogP contribution >= 0.6 is 55.1 Å². The van der Waals surface area contributed by atoms with Crippen molar-refractivity contribution in [3.63, 3.8) is 0 Å². The average Bonchev–Trinajstić information content (AvgIpc) is 3.02. The fourth-order valence-electron chi connectivity index (χ4n) is 3.98. The zero-order chi connectivity index (χ0) is 22.8. The van der Waals surface area contributed by atoms with Crippen molar-refractivity contribution in [2.75, 3.05) is 0 Å². The zero-order valence-electron chi connectivity index (χ0n) is 17.0. The van der Waals surface area contributed by atoms with Crippen LogP contribution in [0.2, 0.25) is 10.0 Å². The van der Waals surface area contributed by atoms with Crippen LogP contribution < -0.4 is 10.1 Å². The number of hydrogen-bond acceptors (Lipinski definition) is 3. The second-order valence-electron chi connectivity index (χ2n) is 7.79. The molecule has 0 bridgehead atoms. The number of halogens is 4. The molecule has 0 aromatic heterocycles. The highest BCUT2D eigenvalue weighted by Gasteiger charge is 2.38. The molecule has 0 unspecified atom stereocenters. The molecule has 1 aliphatic heterocycles. The monoisotopic (exact) mass is 600 g/mol. The lowest BCUT2D eigenvalue weighted by Gasteiger charge is -2.28. The molecule has 0 spiro atoms. The maximum Gasteiger partial charge on any atom is 0.329 e. The molecule has 4 rings (SSSR count). The maximum absolute atomic E-state index is 12.9. The summed E-state index contributed by atoms with van der Waals surface area (Å²) in [6.45, 7) is 0.262. The van der Waals surface area contributed by atoms with Crippen molar-refractivity contribution in [1.29, 1.82) is 0 Å². The number of rotatable bonds is 5. The maximum atomic E-state index is 12.9. The largest absolute Gasteiger partial charge is 0.486 e. The molecule has 2 aromatic rings. The van der Waals surface area contributed by atoms with E-state index in [2.05, 4.69) is 37.2 Å². The number of hydrogen-bond donors (Lipinski definition) is 1. The molecule has 0 atom stereocenters. The number of ether oxygens (including phenoxy) is 1. The smallest absolute Gasteiger partial charge is 0.329 e. The SMILES string of the molecule is O=C1N/C(=C\c2cc(Br)c(OCc3ccc(Cl)cc3Cl)c(Br)c2)C(=O)N1C1CCCCC1. The van der Waals surface area contributed by atoms with Gasteiger partial charge in [0.1, 0.15) is 18.1 Å². The molecule has 0 radical (unpaired) electrons. The summed E-state index contributed by atoms with van der Waals surface area (Å²) in [6.07, 6.45) is 6.66. The molecular weight excluding hydrogens is 583 g/mol. The molecule has 1 N–H and O–H groups in total. The fourth-order valence-corrected chi connectivity index (χ4v) is 5.89. The summed E-state index contributed by atoms with van der Waals surface area (Å²) < 4.78 is 7.34. The third kappa shape index (κ3) is 5.16. The summed E-state index contributed by atoms with van der Waals surface area (Å²) in [7, 11) is 0. The van der Waals surface area contributed by atoms with Crippen molar-refractivity contribution < 1.29 is 14.3 Å². The van der Waals surface area contributed by atoms with Gasteiger partial charge in [-0.25, -0.2) is 4.79 Å². The van der Waals surface area contributed by atoms with E-state index in [0.29, 0.717) is 24.7 Å². The Morgan fingerprint density at radius 2 is 1.75 bits per heavy atom. The molecule has 32 heavy (non-hydrogen) atoms. The lowest BCUT2D eigenvalue weighted by molar-refractivity contribution is -0.124. The normalized spacial score (nSPS) is 18.4. The van der Waals surface area contributed by atoms with Gasteiger partial charge in [0.15, 0.2) is 0 Å². The lowest BCUT2D eigenvalue weighted by Crippen LogP contribution is -2.41. The van der Waals surface area contributed by atoms with Gasteiger partial charge in [0, 0.05) is 21.7 Å². The van der Waals surface area contributed by atoms with Crippen LogP contribution in [0.5, 0.6) is 5.75 Å². The first-order chi connectivity index (χ1) is 15.3. The second-order valence-corrected chi connectivity index (χ2v) is 10.3. The van der Waals surface area contributed by atoms with Gasteiger partial charge in [-0.1, -0.05) is 48.5 Å². The molecule has 1 saturated heterocycles. The van der Waals surface area contributed by atoms with Crippen molar-refractivity contribution in [2.24, 2.45) is 0 Å². The Balaban J connectivity index is 1.51. The van der Waals surface area contributed by atoms with Gasteiger partial charge in [0.2, 0.25) is 0 Å². The Kier molecular flexibility index (Phi) is 7.50. The Morgan fingerprint density at radius 3 is 2.41 bits per heavy atom. The van der Waals surface area contributed by atoms with E-state index in [9.17, 15) is 9.59 Å². The molecule has 1 saturated carbocycles. The number of nitrogens with zero attached hydrogens (tertiary/aromatic N) is 1. The van der Waals surface area contributed by atoms with Crippen LogP contribution in [-0.2, 0) is 11.4 Å². The minimum absolute atomic E-state index is 0.0175. The van der Waals surface area contributed by atoms with Crippen LogP contribution in [0.25, 0.3) is 6.08 Å². The first-order valence-corrected chi connectivity index (χ1v) is 12.6. The Hall–Kier alpha value is -1.54. The molecule has 2 aliphatic rings. The van der Waals surface area contributed by atoms with Crippen LogP contribution in [0.4, 0.5) is 4.79 Å². The predicted octanol–water partition coefficient (Wildman–Crippen LogP) is 7.32. The minimum atomic E-state index is -0.342. The van der Waals surface area contributed by atoms with Crippen molar-refractivity contribution in [2.45, 2.75) is 44.8 Å². The van der Waals surface area contributed by atoms with E-state index in [-0.39, 0.29) is 30.3 Å². The quantitative estimate of drug-likeness (QED) is 0.288. The number of carbonyl (C=O) groups excluding carboxylic acids is 2. The van der Waals surface area contributed by atoms with E-state index < -0.39 is 0 Å². The minimum Gasteiger partial charge on any atom is -0.486 e. The van der Waals surface area contributed by atoms with Crippen LogP contribution in [0.15, 0.2) is 45.0 Å². The van der Waals surface area contributed by atoms with E-state index >= 15 is 0 Å². The fraction of sp³-hybridized carbons (Fsp3) is 0.304. The third-order valence-corrected chi connectivity index (χ3v) is 7.33. The van der Waals surface area contributed by atoms with E-state index in [1.54, 1.807) is 18.2 Å². The molecule has 2 aromatic carbocycles. The molecule has 1 aliphatic carbocycles. The van der Waals surface area contributed by atoms with Gasteiger partial charge in [-0.05, 0) is 80.6 Å². The van der Waals surface area contributed by atoms with Gasteiger partial charge in [-0.2, -0.15) is 0 Å². The summed E-state index contributed by atoms with van der Waals surface area (Å²) in [5, 5.41) is 3.82. The number of carbonyl (C=O) groups is 2. The van der Waals surface area contributed by atoms with Gasteiger partial charge < -0.3 is 10.1 Å². The second kappa shape index (κ2) is 10.2. The number of urea groups is 1. The van der Waals surface area contributed by atoms with Gasteiger partial charge >= 0.3 is 6.03 Å². The molecule has 3 amide bonds. The van der Waals surface area contributed by atoms with Gasteiger partial charge in [0.25, 0.3) is 5.91 Å². The van der Waals surface area contributed by atoms with Crippen molar-refractivity contribution >= 4 is 73.1 Å². The molecular formula is C23H20Br2Cl2N2O3. The highest BCUT2D eigenvalue weighted by Crippen LogP contribution is 2.37. The average molecular weight is 603 g/mol. The predicted molar refractivity (Wildman–Crippen MR) is 133 cm³/mol. The first kappa shape index (κ1) is 23.6. The molecule has 5 nitrogen and oxygen atoms in total. The van der Waals surface area contributed by atoms with Crippen molar-refractivity contribution in [3.05, 3.63) is 66.1 Å². The Morgan fingerprint density at radius 1 is 1.06 bits per heavy atom. The Labute approximate surface area is 213 Å². The van der Waals surface area contributed by atoms with E-state index in [1.165, 1.54) is 4.90 Å². The molecule has 9 heteroatoms. The van der Waals surface area contributed by atoms with Crippen molar-refractivity contribution in [1.82, 2.24) is 10.2 Å². The molecule has 168 valence electrons. The van der Waals surface area contributed by atoms with Crippen molar-refractivity contribution in [3.8, 4) is 5.75 Å². The van der Waals surface area contributed by atoms with Crippen LogP contribution in [-0.4, -0.2) is 22.9 Å². The van der Waals surface area contributed by atoms with Gasteiger partial charge in [0.05, 0.1) is 8.95 Å². The summed E-state index contributed by atoms with van der Waals surface area (Å²) in [6, 6.07) is 8.55. The van der Waals surface area contributed by atoms with Crippen LogP contribution in [0, 0.1) is 0 Å². The van der Waals surface area contributed by atoms with E-state index in [0.717, 1.165) is 43.2 Å². The van der Waals surface area contributed by atoms with Gasteiger partial charge in [-0.15, -0.1) is 0 Å². The number of amides is 3. The molecule has 1 heterocycles. The number of nitrogens with one attached hydrogen (secondary N) is 1. The highest BCUT2D eigenvalue weighted by atomic mass is 79.9. The standard InChI is InChI=1S/C23H20Br2Cl2N2O3/c24-17-8-13(9-18(25)21(17)32-12-14-6-7-15(26)11-19(14)27)10-20-22(30)29(23(31)28-20)16-4-2-1-3-5-16/h6-11,16H,1-5,12H2,(H,28,31)/b20-10-. The van der Waals surface area contributed by atoms with Gasteiger partial charge in [-0.3, -0.25) is 9.69 Å². The summed E-state index contributed by atoms with van der Waals surface area (Å²) in [4.78, 5) is 26.7. The third-order valence-electron chi connectivity index (χ3n) is 5.57. The van der Waals surface area contributed by atoms with Crippen LogP contribution in [0.1, 0.15) is 43.2 Å². The van der Waals surface area contributed by atoms with E-state index in [1.807, 2.05) is 18.2 Å². The summed E-state index contributed by atoms with van der Waals surface area (Å²) in [5.41, 5.74) is 1.83. The first-order valence-electron chi connectivity index (χ1n) is 10.3. The lowest BCUT2D eigenvalue weighted by atomic mass is 9.94. The number of benzene rings is 2. The summed E-state index contributed by atoms with van der Waals surface area (Å²) >= 11 is 19.2. The zero-order valence-corrected chi connectivity index (χ0v) is 21.7. The number of imide groups is 1. The van der Waals surface area contributed by atoms with E-state index in [4.69, 9.17) is 27.9 Å². The summed E-state index contributed by atoms with van der Waals surface area (Å²) in [5.74, 6) is 0.329. The molecule has 2 fully saturated rings. The Bertz CT molecular complexity index is 1080. The topological polar surface area (TPSA) is 58.6 Å². The highest BCUT2D eigenvalue weighted by molar-refractivity contribution is 9.11.